The van der Waals surface area contributed by atoms with Gasteiger partial charge in [0, 0.05) is 23.4 Å². The number of ketones is 1. The van der Waals surface area contributed by atoms with E-state index in [-0.39, 0.29) is 23.7 Å². The summed E-state index contributed by atoms with van der Waals surface area (Å²) in [5, 5.41) is 5.67. The van der Waals surface area contributed by atoms with Gasteiger partial charge < -0.3 is 16.4 Å². The molecule has 0 saturated carbocycles. The summed E-state index contributed by atoms with van der Waals surface area (Å²) < 4.78 is 13.0. The van der Waals surface area contributed by atoms with Crippen molar-refractivity contribution in [1.29, 1.82) is 0 Å². The van der Waals surface area contributed by atoms with E-state index in [1.54, 1.807) is 0 Å². The maximum Gasteiger partial charge on any atom is 0.319 e. The van der Waals surface area contributed by atoms with Crippen LogP contribution in [-0.2, 0) is 12.8 Å². The van der Waals surface area contributed by atoms with Crippen molar-refractivity contribution in [2.45, 2.75) is 31.7 Å². The van der Waals surface area contributed by atoms with E-state index in [4.69, 9.17) is 5.73 Å². The van der Waals surface area contributed by atoms with E-state index in [9.17, 15) is 14.0 Å². The van der Waals surface area contributed by atoms with Gasteiger partial charge in [0.2, 0.25) is 0 Å². The molecule has 6 heteroatoms. The lowest BCUT2D eigenvalue weighted by molar-refractivity contribution is 0.0982. The third-order valence-electron chi connectivity index (χ3n) is 5.63. The highest BCUT2D eigenvalue weighted by Crippen LogP contribution is 2.32. The molecule has 0 aliphatic heterocycles. The number of nitrogens with one attached hydrogen (secondary N) is 2. The molecule has 5 nitrogen and oxygen atoms in total. The van der Waals surface area contributed by atoms with Gasteiger partial charge in [-0.15, -0.1) is 0 Å². The maximum atomic E-state index is 13.0. The molecule has 31 heavy (non-hydrogen) atoms. The Morgan fingerprint density at radius 1 is 1.03 bits per heavy atom. The van der Waals surface area contributed by atoms with Crippen LogP contribution in [0.5, 0.6) is 0 Å². The quantitative estimate of drug-likeness (QED) is 0.388. The van der Waals surface area contributed by atoms with Gasteiger partial charge in [-0.3, -0.25) is 4.79 Å². The number of rotatable bonds is 6. The highest BCUT2D eigenvalue weighted by molar-refractivity contribution is 5.96. The van der Waals surface area contributed by atoms with Crippen molar-refractivity contribution in [3.63, 3.8) is 0 Å². The van der Waals surface area contributed by atoms with Crippen molar-refractivity contribution in [3.8, 4) is 0 Å². The molecular formula is C25H24FN3O2. The van der Waals surface area contributed by atoms with Gasteiger partial charge in [0.05, 0.1) is 6.04 Å². The van der Waals surface area contributed by atoms with Crippen LogP contribution in [0.3, 0.4) is 0 Å². The summed E-state index contributed by atoms with van der Waals surface area (Å²) in [6.07, 6.45) is 2.57. The number of hydrogen-bond acceptors (Lipinski definition) is 3. The molecule has 0 saturated heterocycles. The minimum Gasteiger partial charge on any atom is -0.399 e. The third-order valence-corrected chi connectivity index (χ3v) is 5.63. The number of fused-ring (bicyclic) bond motifs is 1. The predicted octanol–water partition coefficient (Wildman–Crippen LogP) is 5.03. The number of Topliss-reactive ketones (excluding diaryl/α,β-unsaturated/α-hetero) is 1. The number of aryl methyl sites for hydroxylation is 2. The average Bonchev–Trinajstić information content (AvgIpc) is 3.16. The zero-order chi connectivity index (χ0) is 21.8. The van der Waals surface area contributed by atoms with Gasteiger partial charge in [0.15, 0.2) is 5.78 Å². The molecule has 0 bridgehead atoms. The van der Waals surface area contributed by atoms with Crippen molar-refractivity contribution >= 4 is 23.2 Å². The van der Waals surface area contributed by atoms with Crippen LogP contribution < -0.4 is 16.4 Å². The monoisotopic (exact) mass is 417 g/mol. The maximum absolute atomic E-state index is 13.0. The van der Waals surface area contributed by atoms with Crippen molar-refractivity contribution in [1.82, 2.24) is 5.32 Å². The number of nitrogens with two attached hydrogens (primary N) is 1. The molecule has 1 aliphatic rings. The number of benzene rings is 3. The molecule has 0 fully saturated rings. The van der Waals surface area contributed by atoms with E-state index in [1.807, 2.05) is 42.5 Å². The molecule has 3 aromatic carbocycles. The number of amides is 2. The van der Waals surface area contributed by atoms with Crippen molar-refractivity contribution in [3.05, 3.63) is 94.8 Å². The standard InChI is InChI=1S/C25H24FN3O2/c26-19-8-10-20(11-9-19)28-25(31)29-23-13-6-17-15-18(5-12-21(17)23)24(30)14-7-16-3-1-2-4-22(16)27/h1-5,8-12,15,23H,6-7,13-14,27H2,(H2,28,29,31). The van der Waals surface area contributed by atoms with Gasteiger partial charge in [0.25, 0.3) is 0 Å². The van der Waals surface area contributed by atoms with E-state index in [2.05, 4.69) is 10.6 Å². The summed E-state index contributed by atoms with van der Waals surface area (Å²) in [6, 6.07) is 18.4. The number of hydrogen-bond donors (Lipinski definition) is 3. The Kier molecular flexibility index (Phi) is 5.98. The molecule has 1 unspecified atom stereocenters. The fourth-order valence-electron chi connectivity index (χ4n) is 3.95. The van der Waals surface area contributed by atoms with Gasteiger partial charge in [-0.2, -0.15) is 0 Å². The Morgan fingerprint density at radius 2 is 1.81 bits per heavy atom. The van der Waals surface area contributed by atoms with Gasteiger partial charge >= 0.3 is 6.03 Å². The van der Waals surface area contributed by atoms with Crippen LogP contribution in [0.25, 0.3) is 0 Å². The first-order chi connectivity index (χ1) is 15.0. The number of carbonyl (C=O) groups excluding carboxylic acids is 2. The number of para-hydroxylation sites is 1. The van der Waals surface area contributed by atoms with Gasteiger partial charge in [-0.05, 0) is 72.4 Å². The molecule has 3 aromatic rings. The van der Waals surface area contributed by atoms with Crippen LogP contribution in [0.1, 0.15) is 45.9 Å². The van der Waals surface area contributed by atoms with E-state index >= 15 is 0 Å². The third kappa shape index (κ3) is 4.91. The van der Waals surface area contributed by atoms with E-state index in [0.29, 0.717) is 29.8 Å². The Hall–Kier alpha value is -3.67. The molecule has 0 spiro atoms. The lowest BCUT2D eigenvalue weighted by Crippen LogP contribution is -2.31. The zero-order valence-electron chi connectivity index (χ0n) is 17.0. The molecule has 4 N–H and O–H groups in total. The largest absolute Gasteiger partial charge is 0.399 e. The van der Waals surface area contributed by atoms with Gasteiger partial charge in [-0.25, -0.2) is 9.18 Å². The fourth-order valence-corrected chi connectivity index (χ4v) is 3.95. The summed E-state index contributed by atoms with van der Waals surface area (Å²) in [6.45, 7) is 0. The molecule has 0 aromatic heterocycles. The minimum atomic E-state index is -0.353. The lowest BCUT2D eigenvalue weighted by Gasteiger charge is -2.15. The second-order valence-corrected chi connectivity index (χ2v) is 7.73. The van der Waals surface area contributed by atoms with Crippen LogP contribution in [0, 0.1) is 5.82 Å². The topological polar surface area (TPSA) is 84.2 Å². The lowest BCUT2D eigenvalue weighted by atomic mass is 9.98. The first-order valence-corrected chi connectivity index (χ1v) is 10.3. The number of urea groups is 1. The van der Waals surface area contributed by atoms with Gasteiger partial charge in [0.1, 0.15) is 5.82 Å². The molecule has 1 aliphatic carbocycles. The van der Waals surface area contributed by atoms with Gasteiger partial charge in [-0.1, -0.05) is 30.3 Å². The van der Waals surface area contributed by atoms with E-state index in [1.165, 1.54) is 24.3 Å². The van der Waals surface area contributed by atoms with Crippen LogP contribution in [0.4, 0.5) is 20.6 Å². The van der Waals surface area contributed by atoms with Crippen LogP contribution in [0.15, 0.2) is 66.7 Å². The van der Waals surface area contributed by atoms with Crippen molar-refractivity contribution in [2.75, 3.05) is 11.1 Å². The zero-order valence-corrected chi connectivity index (χ0v) is 17.0. The highest BCUT2D eigenvalue weighted by Gasteiger charge is 2.25. The first kappa shape index (κ1) is 20.6. The van der Waals surface area contributed by atoms with Crippen LogP contribution >= 0.6 is 0 Å². The molecule has 2 amide bonds. The highest BCUT2D eigenvalue weighted by atomic mass is 19.1. The van der Waals surface area contributed by atoms with Crippen LogP contribution in [-0.4, -0.2) is 11.8 Å². The number of carbonyl (C=O) groups is 2. The van der Waals surface area contributed by atoms with Crippen molar-refractivity contribution < 1.29 is 14.0 Å². The second kappa shape index (κ2) is 9.00. The Bertz CT molecular complexity index is 1110. The minimum absolute atomic E-state index is 0.0801. The Balaban J connectivity index is 1.37. The molecule has 1 atom stereocenters. The summed E-state index contributed by atoms with van der Waals surface area (Å²) in [4.78, 5) is 25.0. The SMILES string of the molecule is Nc1ccccc1CCC(=O)c1ccc2c(c1)CCC2NC(=O)Nc1ccc(F)cc1. The summed E-state index contributed by atoms with van der Waals surface area (Å²) in [7, 11) is 0. The second-order valence-electron chi connectivity index (χ2n) is 7.73. The molecule has 158 valence electrons. The first-order valence-electron chi connectivity index (χ1n) is 10.3. The normalized spacial score (nSPS) is 14.7. The van der Waals surface area contributed by atoms with E-state index < -0.39 is 0 Å². The molecule has 0 heterocycles. The molecular weight excluding hydrogens is 393 g/mol. The molecule has 0 radical (unpaired) electrons. The van der Waals surface area contributed by atoms with Crippen molar-refractivity contribution in [2.24, 2.45) is 0 Å². The fraction of sp³-hybridized carbons (Fsp3) is 0.200. The average molecular weight is 417 g/mol. The Labute approximate surface area is 180 Å². The summed E-state index contributed by atoms with van der Waals surface area (Å²) in [5.74, 6) is -0.273. The predicted molar refractivity (Wildman–Crippen MR) is 120 cm³/mol. The number of nitrogen functional groups attached to an aromatic ring is 1. The smallest absolute Gasteiger partial charge is 0.319 e. The summed E-state index contributed by atoms with van der Waals surface area (Å²) in [5.41, 5.74) is 11.0. The number of anilines is 2. The van der Waals surface area contributed by atoms with Crippen LogP contribution in [0.2, 0.25) is 0 Å². The summed E-state index contributed by atoms with van der Waals surface area (Å²) >= 11 is 0. The molecule has 4 rings (SSSR count). The Morgan fingerprint density at radius 3 is 2.58 bits per heavy atom. The number of halogens is 1. The van der Waals surface area contributed by atoms with E-state index in [0.717, 1.165) is 29.5 Å².